The SMILES string of the molecule is NCC#Cc1cnc(NC(=O)c2cc3ccccc3o2)s1. The van der Waals surface area contributed by atoms with Gasteiger partial charge in [-0.2, -0.15) is 0 Å². The maximum absolute atomic E-state index is 12.1. The Hall–Kier alpha value is -2.62. The van der Waals surface area contributed by atoms with Crippen LogP contribution in [-0.2, 0) is 0 Å². The van der Waals surface area contributed by atoms with Crippen LogP contribution in [0.2, 0.25) is 0 Å². The van der Waals surface area contributed by atoms with Crippen LogP contribution >= 0.6 is 11.3 Å². The van der Waals surface area contributed by atoms with Crippen molar-refractivity contribution in [2.45, 2.75) is 0 Å². The smallest absolute Gasteiger partial charge is 0.293 e. The quantitative estimate of drug-likeness (QED) is 0.712. The van der Waals surface area contributed by atoms with Crippen LogP contribution in [0, 0.1) is 11.8 Å². The molecule has 0 atom stereocenters. The fourth-order valence-electron chi connectivity index (χ4n) is 1.78. The Kier molecular flexibility index (Phi) is 3.69. The summed E-state index contributed by atoms with van der Waals surface area (Å²) >= 11 is 1.29. The van der Waals surface area contributed by atoms with Gasteiger partial charge in [-0.25, -0.2) is 4.98 Å². The largest absolute Gasteiger partial charge is 0.451 e. The molecule has 6 heteroatoms. The normalized spacial score (nSPS) is 10.1. The summed E-state index contributed by atoms with van der Waals surface area (Å²) in [5.74, 6) is 5.52. The minimum absolute atomic E-state index is 0.251. The molecular formula is C15H11N3O2S. The lowest BCUT2D eigenvalue weighted by atomic mass is 10.2. The Morgan fingerprint density at radius 3 is 3.10 bits per heavy atom. The highest BCUT2D eigenvalue weighted by Crippen LogP contribution is 2.21. The second-order valence-corrected chi connectivity index (χ2v) is 5.17. The second kappa shape index (κ2) is 5.79. The number of carbonyl (C=O) groups excluding carboxylic acids is 1. The molecule has 3 rings (SSSR count). The monoisotopic (exact) mass is 297 g/mol. The van der Waals surface area contributed by atoms with Crippen LogP contribution in [0.15, 0.2) is 40.9 Å². The summed E-state index contributed by atoms with van der Waals surface area (Å²) in [6, 6.07) is 9.16. The lowest BCUT2D eigenvalue weighted by molar-refractivity contribution is 0.0998. The topological polar surface area (TPSA) is 81.1 Å². The highest BCUT2D eigenvalue weighted by molar-refractivity contribution is 7.16. The molecule has 21 heavy (non-hydrogen) atoms. The van der Waals surface area contributed by atoms with Gasteiger partial charge in [0.1, 0.15) is 5.58 Å². The number of aromatic nitrogens is 1. The van der Waals surface area contributed by atoms with Crippen molar-refractivity contribution in [3.05, 3.63) is 47.2 Å². The number of amides is 1. The molecular weight excluding hydrogens is 286 g/mol. The van der Waals surface area contributed by atoms with Crippen LogP contribution in [-0.4, -0.2) is 17.4 Å². The third-order valence-electron chi connectivity index (χ3n) is 2.69. The molecule has 0 radical (unpaired) electrons. The van der Waals surface area contributed by atoms with Crippen LogP contribution < -0.4 is 11.1 Å². The van der Waals surface area contributed by atoms with Crippen LogP contribution in [0.3, 0.4) is 0 Å². The van der Waals surface area contributed by atoms with Gasteiger partial charge in [0.05, 0.1) is 17.6 Å². The zero-order valence-electron chi connectivity index (χ0n) is 10.9. The van der Waals surface area contributed by atoms with Crippen LogP contribution in [0.4, 0.5) is 5.13 Å². The average molecular weight is 297 g/mol. The first-order chi connectivity index (χ1) is 10.3. The number of hydrogen-bond donors (Lipinski definition) is 2. The van der Waals surface area contributed by atoms with Gasteiger partial charge >= 0.3 is 0 Å². The first kappa shape index (κ1) is 13.4. The molecule has 0 fully saturated rings. The van der Waals surface area contributed by atoms with Gasteiger partial charge in [0, 0.05) is 5.39 Å². The van der Waals surface area contributed by atoms with Crippen molar-refractivity contribution in [3.8, 4) is 11.8 Å². The summed E-state index contributed by atoms with van der Waals surface area (Å²) in [6.07, 6.45) is 1.60. The van der Waals surface area contributed by atoms with Crippen LogP contribution in [0.25, 0.3) is 11.0 Å². The molecule has 1 aromatic carbocycles. The Labute approximate surface area is 124 Å². The van der Waals surface area contributed by atoms with E-state index in [9.17, 15) is 4.79 Å². The Bertz CT molecular complexity index is 821. The third-order valence-corrected chi connectivity index (χ3v) is 3.52. The van der Waals surface area contributed by atoms with Crippen molar-refractivity contribution in [1.29, 1.82) is 0 Å². The Morgan fingerprint density at radius 2 is 2.29 bits per heavy atom. The summed E-state index contributed by atoms with van der Waals surface area (Å²) in [7, 11) is 0. The number of benzene rings is 1. The number of hydrogen-bond acceptors (Lipinski definition) is 5. The predicted molar refractivity (Wildman–Crippen MR) is 82.2 cm³/mol. The van der Waals surface area contributed by atoms with Gasteiger partial charge in [-0.3, -0.25) is 10.1 Å². The molecule has 0 spiro atoms. The summed E-state index contributed by atoms with van der Waals surface area (Å²) in [4.78, 5) is 17.0. The zero-order chi connectivity index (χ0) is 14.7. The predicted octanol–water partition coefficient (Wildman–Crippen LogP) is 2.45. The van der Waals surface area contributed by atoms with Crippen molar-refractivity contribution in [2.24, 2.45) is 5.73 Å². The summed E-state index contributed by atoms with van der Waals surface area (Å²) < 4.78 is 5.49. The van der Waals surface area contributed by atoms with Gasteiger partial charge in [0.25, 0.3) is 5.91 Å². The Balaban J connectivity index is 1.78. The van der Waals surface area contributed by atoms with E-state index in [1.54, 1.807) is 12.3 Å². The van der Waals surface area contributed by atoms with Gasteiger partial charge in [-0.05, 0) is 12.1 Å². The highest BCUT2D eigenvalue weighted by atomic mass is 32.1. The molecule has 2 heterocycles. The van der Waals surface area contributed by atoms with E-state index in [0.29, 0.717) is 17.3 Å². The number of para-hydroxylation sites is 1. The van der Waals surface area contributed by atoms with Crippen molar-refractivity contribution >= 4 is 33.3 Å². The highest BCUT2D eigenvalue weighted by Gasteiger charge is 2.13. The molecule has 0 unspecified atom stereocenters. The van der Waals surface area contributed by atoms with Crippen molar-refractivity contribution < 1.29 is 9.21 Å². The molecule has 0 aliphatic heterocycles. The molecule has 2 aromatic heterocycles. The van der Waals surface area contributed by atoms with E-state index in [1.807, 2.05) is 24.3 Å². The van der Waals surface area contributed by atoms with Gasteiger partial charge in [-0.15, -0.1) is 0 Å². The van der Waals surface area contributed by atoms with E-state index < -0.39 is 0 Å². The third kappa shape index (κ3) is 2.94. The number of thiazole rings is 1. The molecule has 104 valence electrons. The molecule has 0 saturated carbocycles. The summed E-state index contributed by atoms with van der Waals surface area (Å²) in [6.45, 7) is 0.290. The number of nitrogens with one attached hydrogen (secondary N) is 1. The molecule has 5 nitrogen and oxygen atoms in total. The second-order valence-electron chi connectivity index (χ2n) is 4.14. The standard InChI is InChI=1S/C15H11N3O2S/c16-7-3-5-11-9-17-15(21-11)18-14(19)13-8-10-4-1-2-6-12(10)20-13/h1-2,4,6,8-9H,7,16H2,(H,17,18,19). The maximum Gasteiger partial charge on any atom is 0.293 e. The molecule has 0 saturated heterocycles. The molecule has 3 N–H and O–H groups in total. The van der Waals surface area contributed by atoms with E-state index in [0.717, 1.165) is 10.3 Å². The lowest BCUT2D eigenvalue weighted by Crippen LogP contribution is -2.10. The Morgan fingerprint density at radius 1 is 1.43 bits per heavy atom. The molecule has 1 amide bonds. The van der Waals surface area contributed by atoms with E-state index in [2.05, 4.69) is 22.1 Å². The number of anilines is 1. The van der Waals surface area contributed by atoms with Gasteiger partial charge in [0.2, 0.25) is 0 Å². The van der Waals surface area contributed by atoms with Gasteiger partial charge in [0.15, 0.2) is 10.9 Å². The molecule has 0 bridgehead atoms. The number of nitrogens with zero attached hydrogens (tertiary/aromatic N) is 1. The molecule has 0 aliphatic rings. The van der Waals surface area contributed by atoms with E-state index >= 15 is 0 Å². The first-order valence-electron chi connectivity index (χ1n) is 6.21. The summed E-state index contributed by atoms with van der Waals surface area (Å²) in [5.41, 5.74) is 5.98. The van der Waals surface area contributed by atoms with E-state index in [4.69, 9.17) is 10.2 Å². The first-order valence-corrected chi connectivity index (χ1v) is 7.02. The number of carbonyl (C=O) groups is 1. The zero-order valence-corrected chi connectivity index (χ0v) is 11.7. The molecule has 0 aliphatic carbocycles. The van der Waals surface area contributed by atoms with Gasteiger partial charge < -0.3 is 10.2 Å². The summed E-state index contributed by atoms with van der Waals surface area (Å²) in [5, 5.41) is 4.05. The molecule has 3 aromatic rings. The van der Waals surface area contributed by atoms with E-state index in [1.165, 1.54) is 11.3 Å². The fourth-order valence-corrected chi connectivity index (χ4v) is 2.47. The number of fused-ring (bicyclic) bond motifs is 1. The fraction of sp³-hybridized carbons (Fsp3) is 0.0667. The number of nitrogens with two attached hydrogens (primary N) is 1. The van der Waals surface area contributed by atoms with Crippen molar-refractivity contribution in [1.82, 2.24) is 4.98 Å². The average Bonchev–Trinajstić information content (AvgIpc) is 3.11. The van der Waals surface area contributed by atoms with Crippen LogP contribution in [0.5, 0.6) is 0 Å². The van der Waals surface area contributed by atoms with Crippen LogP contribution in [0.1, 0.15) is 15.4 Å². The van der Waals surface area contributed by atoms with E-state index in [-0.39, 0.29) is 11.7 Å². The van der Waals surface area contributed by atoms with Crippen molar-refractivity contribution in [2.75, 3.05) is 11.9 Å². The van der Waals surface area contributed by atoms with Gasteiger partial charge in [-0.1, -0.05) is 41.4 Å². The lowest BCUT2D eigenvalue weighted by Gasteiger charge is -1.96. The maximum atomic E-state index is 12.1. The number of rotatable bonds is 2. The minimum Gasteiger partial charge on any atom is -0.451 e. The number of furan rings is 1. The van der Waals surface area contributed by atoms with Crippen molar-refractivity contribution in [3.63, 3.8) is 0 Å². The minimum atomic E-state index is -0.334.